The highest BCUT2D eigenvalue weighted by Crippen LogP contribution is 2.30. The number of hydrogen-bond acceptors (Lipinski definition) is 6. The third kappa shape index (κ3) is 4.10. The predicted molar refractivity (Wildman–Crippen MR) is 109 cm³/mol. The van der Waals surface area contributed by atoms with E-state index in [0.29, 0.717) is 16.5 Å². The van der Waals surface area contributed by atoms with Gasteiger partial charge in [-0.3, -0.25) is 4.72 Å². The Balaban J connectivity index is 1.93. The summed E-state index contributed by atoms with van der Waals surface area (Å²) < 4.78 is 54.5. The number of aryl methyl sites for hydroxylation is 1. The topological polar surface area (TPSA) is 158 Å². The molecule has 0 bridgehead atoms. The zero-order valence-electron chi connectivity index (χ0n) is 15.4. The molecule has 0 saturated carbocycles. The van der Waals surface area contributed by atoms with Crippen LogP contribution in [0.2, 0.25) is 0 Å². The van der Waals surface area contributed by atoms with Gasteiger partial charge in [-0.1, -0.05) is 6.07 Å². The van der Waals surface area contributed by atoms with Crippen molar-refractivity contribution in [2.75, 3.05) is 17.8 Å². The number of fused-ring (bicyclic) bond motifs is 1. The summed E-state index contributed by atoms with van der Waals surface area (Å²) in [6, 6.07) is 10.2. The van der Waals surface area contributed by atoms with E-state index in [2.05, 4.69) is 20.5 Å². The van der Waals surface area contributed by atoms with Gasteiger partial charge in [0.25, 0.3) is 10.0 Å². The Hall–Kier alpha value is -2.91. The van der Waals surface area contributed by atoms with Crippen LogP contribution in [-0.2, 0) is 20.0 Å². The lowest BCUT2D eigenvalue weighted by molar-refractivity contribution is 0.581. The number of nitrogens with two attached hydrogens (primary N) is 1. The molecule has 152 valence electrons. The summed E-state index contributed by atoms with van der Waals surface area (Å²) in [7, 11) is -7.74. The van der Waals surface area contributed by atoms with Gasteiger partial charge in [0.1, 0.15) is 6.07 Å². The second kappa shape index (κ2) is 7.84. The van der Waals surface area contributed by atoms with Gasteiger partial charge < -0.3 is 10.7 Å². The first kappa shape index (κ1) is 20.8. The molecule has 29 heavy (non-hydrogen) atoms. The van der Waals surface area contributed by atoms with Crippen LogP contribution >= 0.6 is 0 Å². The van der Waals surface area contributed by atoms with Crippen molar-refractivity contribution in [1.82, 2.24) is 9.71 Å². The first-order valence-corrected chi connectivity index (χ1v) is 11.5. The number of sulfonamides is 2. The summed E-state index contributed by atoms with van der Waals surface area (Å²) >= 11 is 0. The molecule has 0 radical (unpaired) electrons. The number of nitriles is 1. The van der Waals surface area contributed by atoms with Crippen molar-refractivity contribution in [3.05, 3.63) is 53.7 Å². The number of aromatic amines is 1. The van der Waals surface area contributed by atoms with Crippen molar-refractivity contribution in [2.45, 2.75) is 16.7 Å². The van der Waals surface area contributed by atoms with Gasteiger partial charge in [0.2, 0.25) is 10.0 Å². The Morgan fingerprint density at radius 1 is 1.03 bits per heavy atom. The Morgan fingerprint density at radius 3 is 2.24 bits per heavy atom. The van der Waals surface area contributed by atoms with E-state index in [0.717, 1.165) is 5.56 Å². The second-order valence-electron chi connectivity index (χ2n) is 6.26. The number of H-pyrrole nitrogens is 1. The maximum atomic E-state index is 12.8. The number of nitrogens with one attached hydrogen (secondary N) is 3. The maximum Gasteiger partial charge on any atom is 0.261 e. The highest BCUT2D eigenvalue weighted by molar-refractivity contribution is 7.92. The van der Waals surface area contributed by atoms with Crippen LogP contribution in [0.1, 0.15) is 11.1 Å². The molecule has 1 heterocycles. The van der Waals surface area contributed by atoms with Gasteiger partial charge in [-0.2, -0.15) is 5.26 Å². The normalized spacial score (nSPS) is 12.0. The van der Waals surface area contributed by atoms with Crippen molar-refractivity contribution in [2.24, 2.45) is 5.73 Å². The molecule has 11 heteroatoms. The highest BCUT2D eigenvalue weighted by Gasteiger charge is 2.20. The van der Waals surface area contributed by atoms with Gasteiger partial charge in [-0.15, -0.1) is 0 Å². The summed E-state index contributed by atoms with van der Waals surface area (Å²) in [4.78, 5) is 2.76. The first-order valence-electron chi connectivity index (χ1n) is 8.53. The molecular formula is C18H19N5O4S2. The van der Waals surface area contributed by atoms with Crippen LogP contribution in [0.25, 0.3) is 10.9 Å². The fourth-order valence-electron chi connectivity index (χ4n) is 2.87. The molecule has 2 aromatic carbocycles. The van der Waals surface area contributed by atoms with Crippen molar-refractivity contribution >= 4 is 36.6 Å². The zero-order chi connectivity index (χ0) is 21.2. The van der Waals surface area contributed by atoms with Crippen LogP contribution in [0.4, 0.5) is 5.69 Å². The Labute approximate surface area is 168 Å². The summed E-state index contributed by atoms with van der Waals surface area (Å²) in [6.45, 7) is 2.05. The number of aromatic nitrogens is 1. The minimum atomic E-state index is -3.98. The van der Waals surface area contributed by atoms with Gasteiger partial charge in [-0.25, -0.2) is 21.6 Å². The molecule has 0 aliphatic heterocycles. The lowest BCUT2D eigenvalue weighted by Gasteiger charge is -2.11. The molecule has 3 aromatic rings. The average molecular weight is 434 g/mol. The number of rotatable bonds is 7. The average Bonchev–Trinajstić information content (AvgIpc) is 3.14. The number of benzene rings is 2. The fraction of sp³-hybridized carbons (Fsp3) is 0.167. The molecule has 0 aliphatic rings. The van der Waals surface area contributed by atoms with E-state index in [1.165, 1.54) is 30.5 Å². The smallest absolute Gasteiger partial charge is 0.261 e. The molecule has 3 rings (SSSR count). The number of nitrogens with zero attached hydrogens (tertiary/aromatic N) is 1. The standard InChI is InChI=1S/C18H19N5O4S2/c1-12-2-7-16(18-17(12)13(10-20)11-21-18)23-29(26,27)15-5-3-14(4-6-15)28(24,25)22-9-8-19/h2-7,11,21-23H,8-9,19H2,1H3. The van der Waals surface area contributed by atoms with Gasteiger partial charge in [-0.05, 0) is 42.8 Å². The SMILES string of the molecule is Cc1ccc(NS(=O)(=O)c2ccc(S(=O)(=O)NCCN)cc2)c2[nH]cc(C#N)c12. The van der Waals surface area contributed by atoms with Crippen LogP contribution < -0.4 is 15.2 Å². The van der Waals surface area contributed by atoms with Crippen LogP contribution in [0.15, 0.2) is 52.4 Å². The molecule has 1 aromatic heterocycles. The van der Waals surface area contributed by atoms with E-state index >= 15 is 0 Å². The molecule has 5 N–H and O–H groups in total. The van der Waals surface area contributed by atoms with Crippen molar-refractivity contribution in [1.29, 1.82) is 5.26 Å². The lowest BCUT2D eigenvalue weighted by atomic mass is 10.1. The van der Waals surface area contributed by atoms with E-state index in [9.17, 15) is 22.1 Å². The molecule has 0 amide bonds. The summed E-state index contributed by atoms with van der Waals surface area (Å²) in [5.41, 5.74) is 7.32. The van der Waals surface area contributed by atoms with Crippen molar-refractivity contribution in [3.8, 4) is 6.07 Å². The Kier molecular flexibility index (Phi) is 5.63. The Morgan fingerprint density at radius 2 is 1.66 bits per heavy atom. The van der Waals surface area contributed by atoms with Gasteiger partial charge in [0.05, 0.1) is 26.6 Å². The van der Waals surface area contributed by atoms with E-state index in [1.807, 2.05) is 6.92 Å². The van der Waals surface area contributed by atoms with E-state index in [4.69, 9.17) is 5.73 Å². The minimum Gasteiger partial charge on any atom is -0.358 e. The molecule has 0 aliphatic carbocycles. The summed E-state index contributed by atoms with van der Waals surface area (Å²) in [5, 5.41) is 9.87. The monoisotopic (exact) mass is 433 g/mol. The van der Waals surface area contributed by atoms with Gasteiger partial charge in [0, 0.05) is 24.7 Å². The molecule has 0 saturated heterocycles. The lowest BCUT2D eigenvalue weighted by Crippen LogP contribution is -2.29. The van der Waals surface area contributed by atoms with Crippen LogP contribution in [0, 0.1) is 18.3 Å². The predicted octanol–water partition coefficient (Wildman–Crippen LogP) is 1.39. The highest BCUT2D eigenvalue weighted by atomic mass is 32.2. The van der Waals surface area contributed by atoms with Crippen molar-refractivity contribution in [3.63, 3.8) is 0 Å². The van der Waals surface area contributed by atoms with Gasteiger partial charge >= 0.3 is 0 Å². The molecule has 0 atom stereocenters. The van der Waals surface area contributed by atoms with E-state index in [-0.39, 0.29) is 28.6 Å². The maximum absolute atomic E-state index is 12.8. The summed E-state index contributed by atoms with van der Waals surface area (Å²) in [6.07, 6.45) is 1.52. The second-order valence-corrected chi connectivity index (χ2v) is 9.71. The third-order valence-electron chi connectivity index (χ3n) is 4.29. The minimum absolute atomic E-state index is 0.0642. The molecular weight excluding hydrogens is 414 g/mol. The van der Waals surface area contributed by atoms with Gasteiger partial charge in [0.15, 0.2) is 0 Å². The molecule has 9 nitrogen and oxygen atoms in total. The molecule has 0 spiro atoms. The summed E-state index contributed by atoms with van der Waals surface area (Å²) in [5.74, 6) is 0. The van der Waals surface area contributed by atoms with Crippen LogP contribution in [-0.4, -0.2) is 34.9 Å². The van der Waals surface area contributed by atoms with Crippen LogP contribution in [0.5, 0.6) is 0 Å². The molecule has 0 unspecified atom stereocenters. The first-order chi connectivity index (χ1) is 13.7. The Bertz CT molecular complexity index is 1300. The molecule has 0 fully saturated rings. The largest absolute Gasteiger partial charge is 0.358 e. The number of hydrogen-bond donors (Lipinski definition) is 4. The van der Waals surface area contributed by atoms with Crippen LogP contribution in [0.3, 0.4) is 0 Å². The fourth-order valence-corrected chi connectivity index (χ4v) is 4.99. The third-order valence-corrected chi connectivity index (χ3v) is 7.15. The quantitative estimate of drug-likeness (QED) is 0.441. The van der Waals surface area contributed by atoms with E-state index < -0.39 is 20.0 Å². The van der Waals surface area contributed by atoms with Crippen molar-refractivity contribution < 1.29 is 16.8 Å². The number of anilines is 1. The van der Waals surface area contributed by atoms with E-state index in [1.54, 1.807) is 12.1 Å². The zero-order valence-corrected chi connectivity index (χ0v) is 17.1.